The minimum atomic E-state index is -0.145. The second-order valence-corrected chi connectivity index (χ2v) is 8.94. The van der Waals surface area contributed by atoms with Gasteiger partial charge >= 0.3 is 0 Å². The number of nitrogens with one attached hydrogen (secondary N) is 1. The summed E-state index contributed by atoms with van der Waals surface area (Å²) in [6.07, 6.45) is 9.07. The summed E-state index contributed by atoms with van der Waals surface area (Å²) >= 11 is 0. The Morgan fingerprint density at radius 1 is 1.15 bits per heavy atom. The molecule has 140 valence electrons. The highest BCUT2D eigenvalue weighted by molar-refractivity contribution is 5.28. The average molecular weight is 356 g/mol. The molecule has 1 aromatic rings. The van der Waals surface area contributed by atoms with E-state index in [9.17, 15) is 4.39 Å². The van der Waals surface area contributed by atoms with Crippen LogP contribution in [-0.4, -0.2) is 55.6 Å². The smallest absolute Gasteiger partial charge is 0.123 e. The number of hydrogen-bond donors (Lipinski definition) is 1. The molecule has 3 nitrogen and oxygen atoms in total. The van der Waals surface area contributed by atoms with Crippen molar-refractivity contribution in [3.8, 4) is 0 Å². The molecular formula is C22H30FN3. The Morgan fingerprint density at radius 2 is 1.88 bits per heavy atom. The SMILES string of the molecule is CN1CCN(C(CNC2CC3C=CC4(CC4)C32)c2ccc(F)cc2)CC1. The van der Waals surface area contributed by atoms with E-state index in [0.29, 0.717) is 17.5 Å². The highest BCUT2D eigenvalue weighted by Gasteiger charge is 2.60. The summed E-state index contributed by atoms with van der Waals surface area (Å²) in [5, 5.41) is 3.92. The predicted octanol–water partition coefficient (Wildman–Crippen LogP) is 3.06. The molecule has 4 unspecified atom stereocenters. The molecule has 0 radical (unpaired) electrons. The third-order valence-electron chi connectivity index (χ3n) is 7.39. The van der Waals surface area contributed by atoms with E-state index in [2.05, 4.69) is 34.3 Å². The van der Waals surface area contributed by atoms with Crippen molar-refractivity contribution < 1.29 is 4.39 Å². The van der Waals surface area contributed by atoms with Gasteiger partial charge in [-0.05, 0) is 61.3 Å². The molecule has 1 aliphatic heterocycles. The first kappa shape index (κ1) is 16.9. The van der Waals surface area contributed by atoms with E-state index >= 15 is 0 Å². The number of fused-ring (bicyclic) bond motifs is 2. The Kier molecular flexibility index (Phi) is 4.18. The minimum Gasteiger partial charge on any atom is -0.312 e. The van der Waals surface area contributed by atoms with Crippen molar-refractivity contribution in [3.05, 3.63) is 47.8 Å². The lowest BCUT2D eigenvalue weighted by Crippen LogP contribution is -2.54. The van der Waals surface area contributed by atoms with Crippen LogP contribution in [0.15, 0.2) is 36.4 Å². The lowest BCUT2D eigenvalue weighted by Gasteiger charge is -2.46. The lowest BCUT2D eigenvalue weighted by molar-refractivity contribution is 0.0784. The molecule has 1 heterocycles. The molecule has 0 bridgehead atoms. The lowest BCUT2D eigenvalue weighted by atomic mass is 9.66. The van der Waals surface area contributed by atoms with Gasteiger partial charge in [-0.1, -0.05) is 24.3 Å². The van der Waals surface area contributed by atoms with Gasteiger partial charge in [0.05, 0.1) is 0 Å². The molecule has 3 aliphatic carbocycles. The molecule has 4 atom stereocenters. The summed E-state index contributed by atoms with van der Waals surface area (Å²) in [7, 11) is 2.19. The second-order valence-electron chi connectivity index (χ2n) is 8.94. The monoisotopic (exact) mass is 355 g/mol. The Labute approximate surface area is 156 Å². The molecule has 26 heavy (non-hydrogen) atoms. The average Bonchev–Trinajstić information content (AvgIpc) is 3.32. The molecule has 3 fully saturated rings. The molecule has 0 amide bonds. The summed E-state index contributed by atoms with van der Waals surface area (Å²) in [6.45, 7) is 5.36. The topological polar surface area (TPSA) is 18.5 Å². The summed E-state index contributed by atoms with van der Waals surface area (Å²) < 4.78 is 13.4. The van der Waals surface area contributed by atoms with Crippen molar-refractivity contribution in [1.82, 2.24) is 15.1 Å². The van der Waals surface area contributed by atoms with Crippen LogP contribution in [0.3, 0.4) is 0 Å². The molecule has 4 heteroatoms. The maximum atomic E-state index is 13.4. The number of piperazine rings is 1. The van der Waals surface area contributed by atoms with Gasteiger partial charge < -0.3 is 10.2 Å². The molecule has 2 saturated carbocycles. The van der Waals surface area contributed by atoms with Crippen molar-refractivity contribution in [2.45, 2.75) is 31.3 Å². The first-order valence-electron chi connectivity index (χ1n) is 10.3. The van der Waals surface area contributed by atoms with E-state index in [-0.39, 0.29) is 5.82 Å². The molecular weight excluding hydrogens is 325 g/mol. The van der Waals surface area contributed by atoms with Gasteiger partial charge in [-0.15, -0.1) is 0 Å². The number of benzene rings is 1. The van der Waals surface area contributed by atoms with Crippen LogP contribution in [0.2, 0.25) is 0 Å². The first-order valence-corrected chi connectivity index (χ1v) is 10.3. The molecule has 1 saturated heterocycles. The first-order chi connectivity index (χ1) is 12.6. The Bertz CT molecular complexity index is 673. The van der Waals surface area contributed by atoms with Crippen molar-refractivity contribution in [3.63, 3.8) is 0 Å². The highest BCUT2D eigenvalue weighted by atomic mass is 19.1. The van der Waals surface area contributed by atoms with E-state index in [1.165, 1.54) is 24.8 Å². The molecule has 0 aromatic heterocycles. The summed E-state index contributed by atoms with van der Waals surface area (Å²) in [5.41, 5.74) is 1.80. The molecule has 5 rings (SSSR count). The number of nitrogens with zero attached hydrogens (tertiary/aromatic N) is 2. The number of allylic oxidation sites excluding steroid dienone is 2. The van der Waals surface area contributed by atoms with E-state index in [1.807, 2.05) is 12.1 Å². The van der Waals surface area contributed by atoms with Crippen LogP contribution in [0, 0.1) is 23.1 Å². The number of rotatable bonds is 5. The van der Waals surface area contributed by atoms with Crippen LogP contribution >= 0.6 is 0 Å². The van der Waals surface area contributed by atoms with Crippen LogP contribution < -0.4 is 5.32 Å². The van der Waals surface area contributed by atoms with Crippen LogP contribution in [0.4, 0.5) is 4.39 Å². The fourth-order valence-electron chi connectivity index (χ4n) is 5.53. The highest BCUT2D eigenvalue weighted by Crippen LogP contribution is 2.65. The van der Waals surface area contributed by atoms with Gasteiger partial charge in [-0.3, -0.25) is 4.90 Å². The Hall–Kier alpha value is -1.23. The van der Waals surface area contributed by atoms with Gasteiger partial charge in [0.2, 0.25) is 0 Å². The standard InChI is InChI=1S/C22H30FN3/c1-25-10-12-26(13-11-25)20(16-2-4-18(23)5-3-16)15-24-19-14-17-6-7-22(8-9-22)21(17)19/h2-7,17,19-21,24H,8-15H2,1H3. The van der Waals surface area contributed by atoms with Gasteiger partial charge in [0.1, 0.15) is 5.82 Å². The number of hydrogen-bond acceptors (Lipinski definition) is 3. The Morgan fingerprint density at radius 3 is 2.58 bits per heavy atom. The van der Waals surface area contributed by atoms with Gasteiger partial charge in [-0.25, -0.2) is 4.39 Å². The fourth-order valence-corrected chi connectivity index (χ4v) is 5.53. The maximum Gasteiger partial charge on any atom is 0.123 e. The van der Waals surface area contributed by atoms with Crippen molar-refractivity contribution in [1.29, 1.82) is 0 Å². The van der Waals surface area contributed by atoms with Gasteiger partial charge in [0.15, 0.2) is 0 Å². The number of halogens is 1. The van der Waals surface area contributed by atoms with Gasteiger partial charge in [0, 0.05) is 44.8 Å². The normalized spacial score (nSPS) is 33.8. The van der Waals surface area contributed by atoms with E-state index in [1.54, 1.807) is 12.1 Å². The predicted molar refractivity (Wildman–Crippen MR) is 102 cm³/mol. The van der Waals surface area contributed by atoms with Crippen molar-refractivity contribution in [2.24, 2.45) is 17.3 Å². The second kappa shape index (κ2) is 6.43. The Balaban J connectivity index is 1.28. The van der Waals surface area contributed by atoms with Gasteiger partial charge in [-0.2, -0.15) is 0 Å². The zero-order chi connectivity index (χ0) is 17.7. The molecule has 1 spiro atoms. The zero-order valence-corrected chi connectivity index (χ0v) is 15.7. The quantitative estimate of drug-likeness (QED) is 0.819. The van der Waals surface area contributed by atoms with E-state index < -0.39 is 0 Å². The van der Waals surface area contributed by atoms with Crippen LogP contribution in [0.25, 0.3) is 0 Å². The maximum absolute atomic E-state index is 13.4. The van der Waals surface area contributed by atoms with Gasteiger partial charge in [0.25, 0.3) is 0 Å². The van der Waals surface area contributed by atoms with Crippen LogP contribution in [0.1, 0.15) is 30.9 Å². The largest absolute Gasteiger partial charge is 0.312 e. The summed E-state index contributed by atoms with van der Waals surface area (Å²) in [4.78, 5) is 4.97. The van der Waals surface area contributed by atoms with E-state index in [0.717, 1.165) is 44.6 Å². The third kappa shape index (κ3) is 2.92. The summed E-state index contributed by atoms with van der Waals surface area (Å²) in [5.74, 6) is 1.51. The summed E-state index contributed by atoms with van der Waals surface area (Å²) in [6, 6.07) is 8.17. The molecule has 1 N–H and O–H groups in total. The zero-order valence-electron chi connectivity index (χ0n) is 15.7. The number of likely N-dealkylation sites (N-methyl/N-ethyl adjacent to an activating group) is 1. The molecule has 1 aromatic carbocycles. The van der Waals surface area contributed by atoms with Crippen molar-refractivity contribution in [2.75, 3.05) is 39.8 Å². The van der Waals surface area contributed by atoms with Crippen LogP contribution in [-0.2, 0) is 0 Å². The third-order valence-corrected chi connectivity index (χ3v) is 7.39. The van der Waals surface area contributed by atoms with Crippen molar-refractivity contribution >= 4 is 0 Å². The minimum absolute atomic E-state index is 0.145. The fraction of sp³-hybridized carbons (Fsp3) is 0.636. The van der Waals surface area contributed by atoms with Crippen LogP contribution in [0.5, 0.6) is 0 Å². The molecule has 4 aliphatic rings. The van der Waals surface area contributed by atoms with E-state index in [4.69, 9.17) is 0 Å².